The van der Waals surface area contributed by atoms with Gasteiger partial charge in [-0.3, -0.25) is 9.69 Å². The minimum Gasteiger partial charge on any atom is -0.475 e. The average molecular weight is 460 g/mol. The monoisotopic (exact) mass is 460 g/mol. The Morgan fingerprint density at radius 3 is 2.56 bits per heavy atom. The summed E-state index contributed by atoms with van der Waals surface area (Å²) in [6.45, 7) is 5.87. The van der Waals surface area contributed by atoms with Crippen LogP contribution in [-0.4, -0.2) is 76.4 Å². The number of halogens is 3. The lowest BCUT2D eigenvalue weighted by Crippen LogP contribution is -2.32. The molecule has 2 aromatic heterocycles. The Morgan fingerprint density at radius 1 is 1.31 bits per heavy atom. The number of carbonyl (C=O) groups is 2. The molecule has 0 spiro atoms. The van der Waals surface area contributed by atoms with Crippen LogP contribution in [0.4, 0.5) is 13.2 Å². The fraction of sp³-hybridized carbons (Fsp3) is 0.550. The van der Waals surface area contributed by atoms with E-state index in [-0.39, 0.29) is 12.5 Å². The van der Waals surface area contributed by atoms with E-state index in [4.69, 9.17) is 19.1 Å². The number of aryl methyl sites for hydroxylation is 1. The van der Waals surface area contributed by atoms with Gasteiger partial charge in [0.2, 0.25) is 5.91 Å². The van der Waals surface area contributed by atoms with Gasteiger partial charge in [0.05, 0.1) is 19.7 Å². The molecule has 1 amide bonds. The number of imidazole rings is 1. The van der Waals surface area contributed by atoms with Crippen LogP contribution in [0.2, 0.25) is 0 Å². The molecule has 3 heterocycles. The van der Waals surface area contributed by atoms with Crippen molar-refractivity contribution in [3.05, 3.63) is 41.9 Å². The second-order valence-corrected chi connectivity index (χ2v) is 7.65. The van der Waals surface area contributed by atoms with Gasteiger partial charge in [-0.1, -0.05) is 0 Å². The van der Waals surface area contributed by atoms with Crippen LogP contribution in [0, 0.1) is 12.8 Å². The standard InChI is InChI=1S/C18H26N4O3.C2HF3O2/c1-14-4-5-16(25-14)10-21-8-15(12-24-13-18(23)20(2)3)9-22-7-6-19-17(22)11-21;3-2(4,5)1(6)7/h4-7,15H,8-13H2,1-3H3;(H,6,7). The Kier molecular flexibility index (Phi) is 8.84. The number of ether oxygens (including phenoxy) is 1. The molecule has 178 valence electrons. The predicted molar refractivity (Wildman–Crippen MR) is 106 cm³/mol. The van der Waals surface area contributed by atoms with E-state index >= 15 is 0 Å². The number of furan rings is 1. The molecule has 9 nitrogen and oxygen atoms in total. The van der Waals surface area contributed by atoms with Gasteiger partial charge in [-0.2, -0.15) is 13.2 Å². The minimum absolute atomic E-state index is 0.0140. The first-order valence-corrected chi connectivity index (χ1v) is 9.81. The molecular formula is C20H27F3N4O5. The number of aliphatic carboxylic acids is 1. The second-order valence-electron chi connectivity index (χ2n) is 7.65. The highest BCUT2D eigenvalue weighted by Gasteiger charge is 2.38. The maximum atomic E-state index is 11.7. The molecule has 0 aromatic carbocycles. The molecule has 3 rings (SSSR count). The quantitative estimate of drug-likeness (QED) is 0.705. The Labute approximate surface area is 183 Å². The van der Waals surface area contributed by atoms with Crippen LogP contribution in [0.25, 0.3) is 0 Å². The van der Waals surface area contributed by atoms with Crippen molar-refractivity contribution in [2.24, 2.45) is 5.92 Å². The number of amides is 1. The van der Waals surface area contributed by atoms with Gasteiger partial charge in [0.1, 0.15) is 24.0 Å². The second kappa shape index (κ2) is 11.1. The summed E-state index contributed by atoms with van der Waals surface area (Å²) in [5, 5.41) is 7.12. The number of carboxylic acids is 1. The number of aromatic nitrogens is 2. The lowest BCUT2D eigenvalue weighted by Gasteiger charge is -2.23. The molecular weight excluding hydrogens is 433 g/mol. The van der Waals surface area contributed by atoms with Crippen molar-refractivity contribution in [3.8, 4) is 0 Å². The van der Waals surface area contributed by atoms with Crippen molar-refractivity contribution in [3.63, 3.8) is 0 Å². The number of rotatable bonds is 6. The molecule has 1 atom stereocenters. The van der Waals surface area contributed by atoms with Gasteiger partial charge >= 0.3 is 12.1 Å². The molecule has 1 aliphatic rings. The zero-order valence-corrected chi connectivity index (χ0v) is 18.1. The van der Waals surface area contributed by atoms with Crippen molar-refractivity contribution >= 4 is 11.9 Å². The number of hydrogen-bond acceptors (Lipinski definition) is 6. The maximum Gasteiger partial charge on any atom is 0.490 e. The molecule has 1 N–H and O–H groups in total. The van der Waals surface area contributed by atoms with Crippen LogP contribution in [0.3, 0.4) is 0 Å². The van der Waals surface area contributed by atoms with Gasteiger partial charge in [0, 0.05) is 45.5 Å². The number of nitrogens with zero attached hydrogens (tertiary/aromatic N) is 4. The molecule has 0 bridgehead atoms. The van der Waals surface area contributed by atoms with E-state index in [0.29, 0.717) is 12.5 Å². The van der Waals surface area contributed by atoms with Crippen molar-refractivity contribution in [2.75, 3.05) is 33.9 Å². The van der Waals surface area contributed by atoms with E-state index < -0.39 is 12.1 Å². The summed E-state index contributed by atoms with van der Waals surface area (Å²) in [6, 6.07) is 4.01. The third-order valence-corrected chi connectivity index (χ3v) is 4.63. The third kappa shape index (κ3) is 8.00. The number of carboxylic acid groups (broad SMARTS) is 1. The number of hydrogen-bond donors (Lipinski definition) is 1. The largest absolute Gasteiger partial charge is 0.490 e. The van der Waals surface area contributed by atoms with E-state index in [1.807, 2.05) is 31.5 Å². The molecule has 32 heavy (non-hydrogen) atoms. The first-order valence-electron chi connectivity index (χ1n) is 9.81. The van der Waals surface area contributed by atoms with Crippen molar-refractivity contribution in [1.82, 2.24) is 19.4 Å². The Hall–Kier alpha value is -2.86. The zero-order valence-electron chi connectivity index (χ0n) is 18.1. The van der Waals surface area contributed by atoms with Crippen molar-refractivity contribution < 1.29 is 37.0 Å². The van der Waals surface area contributed by atoms with Crippen LogP contribution in [0.5, 0.6) is 0 Å². The molecule has 0 aliphatic carbocycles. The van der Waals surface area contributed by atoms with Gasteiger partial charge in [0.25, 0.3) is 0 Å². The Morgan fingerprint density at radius 2 is 2.00 bits per heavy atom. The van der Waals surface area contributed by atoms with E-state index in [1.54, 1.807) is 19.0 Å². The van der Waals surface area contributed by atoms with Gasteiger partial charge in [-0.25, -0.2) is 9.78 Å². The predicted octanol–water partition coefficient (Wildman–Crippen LogP) is 2.15. The Bertz CT molecular complexity index is 894. The molecule has 0 saturated carbocycles. The van der Waals surface area contributed by atoms with Gasteiger partial charge < -0.3 is 23.7 Å². The highest BCUT2D eigenvalue weighted by Crippen LogP contribution is 2.19. The van der Waals surface area contributed by atoms with E-state index in [9.17, 15) is 18.0 Å². The summed E-state index contributed by atoms with van der Waals surface area (Å²) in [5.74, 6) is 0.456. The first kappa shape index (κ1) is 25.4. The summed E-state index contributed by atoms with van der Waals surface area (Å²) < 4.78 is 45.3. The van der Waals surface area contributed by atoms with Gasteiger partial charge in [0.15, 0.2) is 0 Å². The summed E-state index contributed by atoms with van der Waals surface area (Å²) in [5.41, 5.74) is 0. The maximum absolute atomic E-state index is 11.7. The highest BCUT2D eigenvalue weighted by molar-refractivity contribution is 5.76. The summed E-state index contributed by atoms with van der Waals surface area (Å²) in [6.07, 6.45) is -1.24. The highest BCUT2D eigenvalue weighted by atomic mass is 19.4. The van der Waals surface area contributed by atoms with Crippen LogP contribution in [0.15, 0.2) is 28.9 Å². The summed E-state index contributed by atoms with van der Waals surface area (Å²) >= 11 is 0. The fourth-order valence-electron chi connectivity index (χ4n) is 3.08. The molecule has 1 aliphatic heterocycles. The normalized spacial score (nSPS) is 16.5. The third-order valence-electron chi connectivity index (χ3n) is 4.63. The molecule has 0 fully saturated rings. The van der Waals surface area contributed by atoms with Crippen LogP contribution >= 0.6 is 0 Å². The van der Waals surface area contributed by atoms with Crippen LogP contribution in [-0.2, 0) is 34.0 Å². The smallest absolute Gasteiger partial charge is 0.475 e. The molecule has 1 unspecified atom stereocenters. The summed E-state index contributed by atoms with van der Waals surface area (Å²) in [7, 11) is 3.48. The Balaban J connectivity index is 0.000000451. The summed E-state index contributed by atoms with van der Waals surface area (Å²) in [4.78, 5) is 28.9. The van der Waals surface area contributed by atoms with Crippen molar-refractivity contribution in [2.45, 2.75) is 32.7 Å². The fourth-order valence-corrected chi connectivity index (χ4v) is 3.08. The first-order chi connectivity index (χ1) is 15.0. The number of alkyl halides is 3. The van der Waals surface area contributed by atoms with Crippen LogP contribution in [0.1, 0.15) is 17.3 Å². The average Bonchev–Trinajstić information content (AvgIpc) is 3.26. The molecule has 2 aromatic rings. The van der Waals surface area contributed by atoms with E-state index in [0.717, 1.165) is 43.5 Å². The van der Waals surface area contributed by atoms with Gasteiger partial charge in [-0.05, 0) is 19.1 Å². The zero-order chi connectivity index (χ0) is 23.9. The SMILES string of the molecule is Cc1ccc(CN2Cc3nccn3CC(COCC(=O)N(C)C)C2)o1.O=C(O)C(F)(F)F. The number of fused-ring (bicyclic) bond motifs is 1. The van der Waals surface area contributed by atoms with E-state index in [1.165, 1.54) is 0 Å². The number of likely N-dealkylation sites (N-methyl/N-ethyl adjacent to an activating group) is 1. The lowest BCUT2D eigenvalue weighted by molar-refractivity contribution is -0.192. The topological polar surface area (TPSA) is 101 Å². The van der Waals surface area contributed by atoms with E-state index in [2.05, 4.69) is 14.5 Å². The molecule has 12 heteroatoms. The molecule has 0 saturated heterocycles. The van der Waals surface area contributed by atoms with Crippen LogP contribution < -0.4 is 0 Å². The van der Waals surface area contributed by atoms with Gasteiger partial charge in [-0.15, -0.1) is 0 Å². The number of carbonyl (C=O) groups excluding carboxylic acids is 1. The van der Waals surface area contributed by atoms with Crippen molar-refractivity contribution in [1.29, 1.82) is 0 Å². The lowest BCUT2D eigenvalue weighted by atomic mass is 10.1. The minimum atomic E-state index is -5.08. The molecule has 0 radical (unpaired) electrons.